The summed E-state index contributed by atoms with van der Waals surface area (Å²) >= 11 is 0. The molecule has 0 saturated heterocycles. The van der Waals surface area contributed by atoms with E-state index in [1.807, 2.05) is 0 Å². The van der Waals surface area contributed by atoms with Crippen LogP contribution in [0.3, 0.4) is 0 Å². The second kappa shape index (κ2) is 6.62. The van der Waals surface area contributed by atoms with Crippen LogP contribution in [0.5, 0.6) is 0 Å². The van der Waals surface area contributed by atoms with Gasteiger partial charge < -0.3 is 11.1 Å². The van der Waals surface area contributed by atoms with Crippen LogP contribution in [-0.4, -0.2) is 28.5 Å². The number of aromatic nitrogens is 2. The van der Waals surface area contributed by atoms with E-state index in [4.69, 9.17) is 5.73 Å². The van der Waals surface area contributed by atoms with Gasteiger partial charge in [-0.2, -0.15) is 0 Å². The molecule has 16 heavy (non-hydrogen) atoms. The topological polar surface area (TPSA) is 76.2 Å². The molecule has 1 saturated carbocycles. The summed E-state index contributed by atoms with van der Waals surface area (Å²) in [6.07, 6.45) is 8.29. The number of nitrogens with zero attached hydrogens (tertiary/aromatic N) is 3. The quantitative estimate of drug-likeness (QED) is 0.483. The van der Waals surface area contributed by atoms with Gasteiger partial charge in [-0.05, 0) is 12.8 Å². The first-order valence-corrected chi connectivity index (χ1v) is 5.16. The molecule has 1 heterocycles. The van der Waals surface area contributed by atoms with E-state index in [-0.39, 0.29) is 24.0 Å². The molecule has 6 heteroatoms. The van der Waals surface area contributed by atoms with Crippen LogP contribution in [0.15, 0.2) is 23.6 Å². The van der Waals surface area contributed by atoms with Crippen molar-refractivity contribution in [3.63, 3.8) is 0 Å². The minimum absolute atomic E-state index is 0. The number of halogens is 1. The van der Waals surface area contributed by atoms with E-state index in [2.05, 4.69) is 20.3 Å². The number of hydrogen-bond donors (Lipinski definition) is 2. The van der Waals surface area contributed by atoms with E-state index in [1.54, 1.807) is 18.6 Å². The third-order valence-corrected chi connectivity index (χ3v) is 2.20. The fourth-order valence-electron chi connectivity index (χ4n) is 1.23. The molecule has 1 fully saturated rings. The zero-order valence-corrected chi connectivity index (χ0v) is 11.3. The highest BCUT2D eigenvalue weighted by atomic mass is 127. The molecule has 2 rings (SSSR count). The Labute approximate surface area is 112 Å². The Kier molecular flexibility index (Phi) is 5.44. The van der Waals surface area contributed by atoms with Gasteiger partial charge in [0.05, 0.1) is 5.69 Å². The molecule has 0 radical (unpaired) electrons. The number of nitrogens with two attached hydrogens (primary N) is 1. The molecule has 0 amide bonds. The molecule has 0 unspecified atom stereocenters. The fraction of sp³-hybridized carbons (Fsp3) is 0.500. The van der Waals surface area contributed by atoms with Crippen molar-refractivity contribution in [3.8, 4) is 0 Å². The van der Waals surface area contributed by atoms with Gasteiger partial charge >= 0.3 is 0 Å². The summed E-state index contributed by atoms with van der Waals surface area (Å²) in [6, 6.07) is 0.560. The van der Waals surface area contributed by atoms with Crippen LogP contribution < -0.4 is 11.1 Å². The predicted octanol–water partition coefficient (Wildman–Crippen LogP) is 0.704. The fourth-order valence-corrected chi connectivity index (χ4v) is 1.23. The number of guanidine groups is 1. The van der Waals surface area contributed by atoms with Crippen molar-refractivity contribution in [1.82, 2.24) is 15.3 Å². The summed E-state index contributed by atoms with van der Waals surface area (Å²) in [5.74, 6) is 0.543. The second-order valence-corrected chi connectivity index (χ2v) is 3.63. The maximum Gasteiger partial charge on any atom is 0.188 e. The van der Waals surface area contributed by atoms with Crippen molar-refractivity contribution < 1.29 is 0 Å². The third-order valence-electron chi connectivity index (χ3n) is 2.20. The molecule has 0 atom stereocenters. The maximum atomic E-state index is 5.68. The van der Waals surface area contributed by atoms with Crippen LogP contribution in [0.25, 0.3) is 0 Å². The van der Waals surface area contributed by atoms with E-state index in [1.165, 1.54) is 12.8 Å². The van der Waals surface area contributed by atoms with Gasteiger partial charge in [0.25, 0.3) is 0 Å². The van der Waals surface area contributed by atoms with Crippen molar-refractivity contribution in [3.05, 3.63) is 24.3 Å². The van der Waals surface area contributed by atoms with Gasteiger partial charge in [-0.15, -0.1) is 24.0 Å². The SMILES string of the molecule is I.NC(=NCCc1cnccn1)NC1CC1. The number of nitrogens with one attached hydrogen (secondary N) is 1. The summed E-state index contributed by atoms with van der Waals surface area (Å²) in [5.41, 5.74) is 6.63. The van der Waals surface area contributed by atoms with Crippen LogP contribution in [0.4, 0.5) is 0 Å². The number of rotatable bonds is 4. The van der Waals surface area contributed by atoms with Gasteiger partial charge in [0, 0.05) is 37.6 Å². The normalized spacial score (nSPS) is 15.4. The van der Waals surface area contributed by atoms with Gasteiger partial charge in [-0.25, -0.2) is 0 Å². The summed E-state index contributed by atoms with van der Waals surface area (Å²) < 4.78 is 0. The predicted molar refractivity (Wildman–Crippen MR) is 73.8 cm³/mol. The molecule has 88 valence electrons. The standard InChI is InChI=1S/C10H15N5.HI/c11-10(15-8-1-2-8)14-4-3-9-7-12-5-6-13-9;/h5-8H,1-4H2,(H3,11,14,15);1H. The van der Waals surface area contributed by atoms with Crippen LogP contribution in [0.1, 0.15) is 18.5 Å². The summed E-state index contributed by atoms with van der Waals surface area (Å²) in [7, 11) is 0. The summed E-state index contributed by atoms with van der Waals surface area (Å²) in [6.45, 7) is 0.657. The van der Waals surface area contributed by atoms with Crippen molar-refractivity contribution in [2.75, 3.05) is 6.54 Å². The molecule has 0 aromatic carbocycles. The Morgan fingerprint density at radius 2 is 2.31 bits per heavy atom. The summed E-state index contributed by atoms with van der Waals surface area (Å²) in [4.78, 5) is 12.4. The summed E-state index contributed by atoms with van der Waals surface area (Å²) in [5, 5.41) is 3.13. The van der Waals surface area contributed by atoms with Crippen molar-refractivity contribution in [1.29, 1.82) is 0 Å². The lowest BCUT2D eigenvalue weighted by Gasteiger charge is -2.02. The molecule has 0 spiro atoms. The first kappa shape index (κ1) is 13.1. The highest BCUT2D eigenvalue weighted by Gasteiger charge is 2.21. The smallest absolute Gasteiger partial charge is 0.188 e. The first-order valence-electron chi connectivity index (χ1n) is 5.16. The van der Waals surface area contributed by atoms with Crippen LogP contribution in [0, 0.1) is 0 Å². The molecule has 3 N–H and O–H groups in total. The Morgan fingerprint density at radius 3 is 2.94 bits per heavy atom. The average molecular weight is 333 g/mol. The van der Waals surface area contributed by atoms with Gasteiger partial charge in [0.1, 0.15) is 0 Å². The molecular weight excluding hydrogens is 317 g/mol. The zero-order valence-electron chi connectivity index (χ0n) is 8.97. The lowest BCUT2D eigenvalue weighted by molar-refractivity contribution is 0.857. The second-order valence-electron chi connectivity index (χ2n) is 3.63. The highest BCUT2D eigenvalue weighted by Crippen LogP contribution is 2.17. The van der Waals surface area contributed by atoms with Crippen molar-refractivity contribution in [2.24, 2.45) is 10.7 Å². The minimum atomic E-state index is 0. The van der Waals surface area contributed by atoms with Gasteiger partial charge in [-0.3, -0.25) is 15.0 Å². The third kappa shape index (κ3) is 4.73. The van der Waals surface area contributed by atoms with E-state index < -0.39 is 0 Å². The molecular formula is C10H16IN5. The minimum Gasteiger partial charge on any atom is -0.370 e. The lowest BCUT2D eigenvalue weighted by Crippen LogP contribution is -2.33. The molecule has 0 bridgehead atoms. The van der Waals surface area contributed by atoms with Gasteiger partial charge in [0.2, 0.25) is 0 Å². The molecule has 1 aromatic heterocycles. The molecule has 5 nitrogen and oxygen atoms in total. The monoisotopic (exact) mass is 333 g/mol. The average Bonchev–Trinajstić information content (AvgIpc) is 3.03. The molecule has 1 aliphatic rings. The maximum absolute atomic E-state index is 5.68. The van der Waals surface area contributed by atoms with Crippen LogP contribution in [-0.2, 0) is 6.42 Å². The number of hydrogen-bond acceptors (Lipinski definition) is 3. The molecule has 1 aromatic rings. The van der Waals surface area contributed by atoms with Crippen molar-refractivity contribution >= 4 is 29.9 Å². The van der Waals surface area contributed by atoms with E-state index in [0.29, 0.717) is 18.5 Å². The molecule has 0 aliphatic heterocycles. The Morgan fingerprint density at radius 1 is 1.50 bits per heavy atom. The van der Waals surface area contributed by atoms with Crippen LogP contribution >= 0.6 is 24.0 Å². The van der Waals surface area contributed by atoms with Gasteiger partial charge in [-0.1, -0.05) is 0 Å². The molecule has 1 aliphatic carbocycles. The highest BCUT2D eigenvalue weighted by molar-refractivity contribution is 14.0. The van der Waals surface area contributed by atoms with E-state index in [9.17, 15) is 0 Å². The Hall–Kier alpha value is -0.920. The van der Waals surface area contributed by atoms with E-state index in [0.717, 1.165) is 12.1 Å². The number of aliphatic imine (C=N–C) groups is 1. The largest absolute Gasteiger partial charge is 0.370 e. The van der Waals surface area contributed by atoms with Gasteiger partial charge in [0.15, 0.2) is 5.96 Å². The lowest BCUT2D eigenvalue weighted by atomic mass is 10.3. The Bertz CT molecular complexity index is 336. The first-order chi connectivity index (χ1) is 7.34. The Balaban J connectivity index is 0.00000128. The van der Waals surface area contributed by atoms with E-state index >= 15 is 0 Å². The van der Waals surface area contributed by atoms with Crippen LogP contribution in [0.2, 0.25) is 0 Å². The van der Waals surface area contributed by atoms with Crippen molar-refractivity contribution in [2.45, 2.75) is 25.3 Å². The zero-order chi connectivity index (χ0) is 10.5.